The van der Waals surface area contributed by atoms with E-state index >= 15 is 0 Å². The molecule has 1 aromatic carbocycles. The van der Waals surface area contributed by atoms with E-state index in [9.17, 15) is 31.2 Å². The quantitative estimate of drug-likeness (QED) is 0.379. The SMILES string of the molecule is COC(=O)c1ccc(CCn2c(C)cc(OS(=O)(=O)C(F)(F)F)c(Cl)c2=O)cc1. The van der Waals surface area contributed by atoms with Gasteiger partial charge in [0.2, 0.25) is 0 Å². The van der Waals surface area contributed by atoms with Crippen LogP contribution in [0.25, 0.3) is 0 Å². The van der Waals surface area contributed by atoms with Gasteiger partial charge in [-0.15, -0.1) is 0 Å². The molecule has 0 radical (unpaired) electrons. The first-order chi connectivity index (χ1) is 13.4. The lowest BCUT2D eigenvalue weighted by Gasteiger charge is -2.15. The lowest BCUT2D eigenvalue weighted by molar-refractivity contribution is -0.0500. The number of halogens is 4. The second-order valence-corrected chi connectivity index (χ2v) is 7.76. The third-order valence-corrected chi connectivity index (χ3v) is 5.21. The molecule has 0 amide bonds. The molecule has 158 valence electrons. The van der Waals surface area contributed by atoms with Crippen LogP contribution in [0, 0.1) is 6.92 Å². The first kappa shape index (κ1) is 22.8. The minimum atomic E-state index is -5.96. The van der Waals surface area contributed by atoms with Gasteiger partial charge in [0.25, 0.3) is 5.56 Å². The molecule has 7 nitrogen and oxygen atoms in total. The van der Waals surface area contributed by atoms with Crippen molar-refractivity contribution in [3.8, 4) is 5.75 Å². The van der Waals surface area contributed by atoms with Gasteiger partial charge < -0.3 is 13.5 Å². The molecule has 12 heteroatoms. The van der Waals surface area contributed by atoms with Crippen molar-refractivity contribution in [2.24, 2.45) is 0 Å². The molecule has 0 fully saturated rings. The van der Waals surface area contributed by atoms with Gasteiger partial charge in [0.05, 0.1) is 12.7 Å². The molecule has 1 aromatic heterocycles. The maximum Gasteiger partial charge on any atom is 0.534 e. The van der Waals surface area contributed by atoms with Crippen LogP contribution in [0.4, 0.5) is 13.2 Å². The zero-order valence-corrected chi connectivity index (χ0v) is 16.7. The topological polar surface area (TPSA) is 91.7 Å². The maximum absolute atomic E-state index is 12.5. The number of ether oxygens (including phenoxy) is 1. The molecule has 2 rings (SSSR count). The summed E-state index contributed by atoms with van der Waals surface area (Å²) in [5.74, 6) is -1.40. The van der Waals surface area contributed by atoms with E-state index in [1.807, 2.05) is 0 Å². The van der Waals surface area contributed by atoms with Crippen LogP contribution in [-0.2, 0) is 27.8 Å². The third kappa shape index (κ3) is 5.10. The number of aromatic nitrogens is 1. The highest BCUT2D eigenvalue weighted by atomic mass is 35.5. The van der Waals surface area contributed by atoms with Crippen LogP contribution in [0.1, 0.15) is 21.6 Å². The first-order valence-corrected chi connectivity index (χ1v) is 9.74. The molecular weight excluding hydrogens is 439 g/mol. The van der Waals surface area contributed by atoms with Crippen molar-refractivity contribution in [3.05, 3.63) is 62.5 Å². The van der Waals surface area contributed by atoms with Crippen LogP contribution in [0.2, 0.25) is 5.02 Å². The number of hydrogen-bond acceptors (Lipinski definition) is 6. The predicted octanol–water partition coefficient (Wildman–Crippen LogP) is 3.07. The summed E-state index contributed by atoms with van der Waals surface area (Å²) in [5.41, 5.74) is -5.29. The second-order valence-electron chi connectivity index (χ2n) is 5.84. The van der Waals surface area contributed by atoms with Gasteiger partial charge in [-0.05, 0) is 31.0 Å². The number of rotatable bonds is 6. The van der Waals surface area contributed by atoms with E-state index in [0.29, 0.717) is 12.0 Å². The zero-order valence-electron chi connectivity index (χ0n) is 15.1. The van der Waals surface area contributed by atoms with Crippen molar-refractivity contribution in [2.75, 3.05) is 7.11 Å². The van der Waals surface area contributed by atoms with E-state index in [1.165, 1.54) is 18.6 Å². The fourth-order valence-corrected chi connectivity index (χ4v) is 3.09. The number of hydrogen-bond donors (Lipinski definition) is 0. The Balaban J connectivity index is 2.24. The summed E-state index contributed by atoms with van der Waals surface area (Å²) >= 11 is 5.74. The molecule has 0 saturated carbocycles. The van der Waals surface area contributed by atoms with Crippen molar-refractivity contribution in [2.45, 2.75) is 25.4 Å². The molecule has 29 heavy (non-hydrogen) atoms. The lowest BCUT2D eigenvalue weighted by Crippen LogP contribution is -2.30. The fourth-order valence-electron chi connectivity index (χ4n) is 2.39. The molecule has 2 aromatic rings. The number of pyridine rings is 1. The molecule has 1 heterocycles. The van der Waals surface area contributed by atoms with E-state index < -0.39 is 37.9 Å². The minimum absolute atomic E-state index is 0.105. The van der Waals surface area contributed by atoms with Gasteiger partial charge >= 0.3 is 21.6 Å². The van der Waals surface area contributed by atoms with Gasteiger partial charge in [0, 0.05) is 18.3 Å². The van der Waals surface area contributed by atoms with Crippen molar-refractivity contribution in [1.82, 2.24) is 4.57 Å². The lowest BCUT2D eigenvalue weighted by atomic mass is 10.1. The van der Waals surface area contributed by atoms with E-state index in [-0.39, 0.29) is 12.2 Å². The summed E-state index contributed by atoms with van der Waals surface area (Å²) in [6.07, 6.45) is 0.333. The van der Waals surface area contributed by atoms with Crippen LogP contribution in [0.15, 0.2) is 35.1 Å². The maximum atomic E-state index is 12.5. The highest BCUT2D eigenvalue weighted by molar-refractivity contribution is 7.88. The number of carbonyl (C=O) groups is 1. The number of carbonyl (C=O) groups excluding carboxylic acids is 1. The average molecular weight is 454 g/mol. The summed E-state index contributed by atoms with van der Waals surface area (Å²) in [4.78, 5) is 23.8. The van der Waals surface area contributed by atoms with E-state index in [1.54, 1.807) is 24.3 Å². The van der Waals surface area contributed by atoms with Crippen LogP contribution in [-0.4, -0.2) is 31.6 Å². The third-order valence-electron chi connectivity index (χ3n) is 3.90. The fraction of sp³-hybridized carbons (Fsp3) is 0.294. The molecule has 0 aliphatic rings. The van der Waals surface area contributed by atoms with Gasteiger partial charge in [0.1, 0.15) is 5.02 Å². The molecule has 0 spiro atoms. The predicted molar refractivity (Wildman–Crippen MR) is 97.5 cm³/mol. The highest BCUT2D eigenvalue weighted by Gasteiger charge is 2.49. The second kappa shape index (κ2) is 8.46. The summed E-state index contributed by atoms with van der Waals surface area (Å²) in [6.45, 7) is 1.50. The number of methoxy groups -OCH3 is 1. The van der Waals surface area contributed by atoms with E-state index in [0.717, 1.165) is 11.6 Å². The number of nitrogens with zero attached hydrogens (tertiary/aromatic N) is 1. The number of esters is 1. The molecule has 0 unspecified atom stereocenters. The molecule has 0 bridgehead atoms. The van der Waals surface area contributed by atoms with Gasteiger partial charge in [-0.3, -0.25) is 4.79 Å². The standard InChI is InChI=1S/C17H15ClF3NO6S/c1-10-9-13(28-29(25,26)17(19,20)21)14(18)15(23)22(10)8-7-11-3-5-12(6-4-11)16(24)27-2/h3-6,9H,7-8H2,1-2H3. The molecule has 0 aliphatic carbocycles. The Morgan fingerprint density at radius 1 is 1.21 bits per heavy atom. The summed E-state index contributed by atoms with van der Waals surface area (Å²) < 4.78 is 69.4. The Morgan fingerprint density at radius 2 is 1.79 bits per heavy atom. The zero-order chi connectivity index (χ0) is 22.0. The Morgan fingerprint density at radius 3 is 2.31 bits per heavy atom. The van der Waals surface area contributed by atoms with E-state index in [2.05, 4.69) is 8.92 Å². The Bertz CT molecular complexity index is 1080. The van der Waals surface area contributed by atoms with Crippen molar-refractivity contribution in [1.29, 1.82) is 0 Å². The monoisotopic (exact) mass is 453 g/mol. The number of aryl methyl sites for hydroxylation is 2. The summed E-state index contributed by atoms with van der Waals surface area (Å²) in [5, 5.41) is -0.788. The van der Waals surface area contributed by atoms with Gasteiger partial charge in [-0.2, -0.15) is 21.6 Å². The number of alkyl halides is 3. The minimum Gasteiger partial charge on any atom is -0.465 e. The van der Waals surface area contributed by atoms with Gasteiger partial charge in [0.15, 0.2) is 5.75 Å². The molecule has 0 atom stereocenters. The molecular formula is C17H15ClF3NO6S. The molecule has 0 saturated heterocycles. The van der Waals surface area contributed by atoms with Crippen LogP contribution in [0.3, 0.4) is 0 Å². The Hall–Kier alpha value is -2.53. The van der Waals surface area contributed by atoms with Crippen molar-refractivity contribution < 1.29 is 35.3 Å². The highest BCUT2D eigenvalue weighted by Crippen LogP contribution is 2.30. The largest absolute Gasteiger partial charge is 0.534 e. The summed E-state index contributed by atoms with van der Waals surface area (Å²) in [6, 6.07) is 7.34. The Labute approximate surface area is 168 Å². The average Bonchev–Trinajstić information content (AvgIpc) is 2.64. The number of benzene rings is 1. The molecule has 0 aliphatic heterocycles. The van der Waals surface area contributed by atoms with Crippen LogP contribution < -0.4 is 9.74 Å². The van der Waals surface area contributed by atoms with Crippen LogP contribution >= 0.6 is 11.6 Å². The van der Waals surface area contributed by atoms with Gasteiger partial charge in [-0.25, -0.2) is 4.79 Å². The van der Waals surface area contributed by atoms with Crippen molar-refractivity contribution >= 4 is 27.7 Å². The van der Waals surface area contributed by atoms with Crippen LogP contribution in [0.5, 0.6) is 5.75 Å². The van der Waals surface area contributed by atoms with Gasteiger partial charge in [-0.1, -0.05) is 23.7 Å². The van der Waals surface area contributed by atoms with Crippen molar-refractivity contribution in [3.63, 3.8) is 0 Å². The first-order valence-electron chi connectivity index (χ1n) is 7.95. The normalized spacial score (nSPS) is 11.9. The Kier molecular flexibility index (Phi) is 6.63. The summed E-state index contributed by atoms with van der Waals surface area (Å²) in [7, 11) is -4.71. The molecule has 0 N–H and O–H groups in total. The van der Waals surface area contributed by atoms with E-state index in [4.69, 9.17) is 11.6 Å². The smallest absolute Gasteiger partial charge is 0.465 e.